The number of carbonyl (C=O) groups excluding carboxylic acids is 1. The minimum Gasteiger partial charge on any atom is -0.395 e. The minimum atomic E-state index is -0.460. The fourth-order valence-electron chi connectivity index (χ4n) is 3.56. The molecular formula is C23H23Cl2N3O2. The number of benzene rings is 2. The molecule has 0 saturated carbocycles. The van der Waals surface area contributed by atoms with Crippen LogP contribution in [-0.4, -0.2) is 34.1 Å². The van der Waals surface area contributed by atoms with Crippen molar-refractivity contribution in [3.63, 3.8) is 0 Å². The maximum absolute atomic E-state index is 13.2. The molecule has 0 atom stereocenters. The number of anilines is 1. The van der Waals surface area contributed by atoms with Crippen molar-refractivity contribution in [2.45, 2.75) is 27.2 Å². The zero-order chi connectivity index (χ0) is 21.8. The molecule has 0 aliphatic rings. The Morgan fingerprint density at radius 1 is 1.03 bits per heavy atom. The second kappa shape index (κ2) is 9.56. The third kappa shape index (κ3) is 4.48. The summed E-state index contributed by atoms with van der Waals surface area (Å²) in [7, 11) is 0. The highest BCUT2D eigenvalue weighted by Crippen LogP contribution is 2.33. The Labute approximate surface area is 186 Å². The van der Waals surface area contributed by atoms with Crippen molar-refractivity contribution >= 4 is 34.8 Å². The van der Waals surface area contributed by atoms with Gasteiger partial charge in [-0.25, -0.2) is 9.97 Å². The Bertz CT molecular complexity index is 1030. The van der Waals surface area contributed by atoms with Gasteiger partial charge in [-0.1, -0.05) is 54.4 Å². The number of aryl methyl sites for hydroxylation is 3. The quantitative estimate of drug-likeness (QED) is 0.526. The second-order valence-corrected chi connectivity index (χ2v) is 7.73. The predicted octanol–water partition coefficient (Wildman–Crippen LogP) is 5.27. The van der Waals surface area contributed by atoms with E-state index in [9.17, 15) is 9.90 Å². The van der Waals surface area contributed by atoms with Crippen molar-refractivity contribution in [3.8, 4) is 11.1 Å². The summed E-state index contributed by atoms with van der Waals surface area (Å²) in [6.07, 6.45) is 2.19. The summed E-state index contributed by atoms with van der Waals surface area (Å²) in [5, 5.41) is 9.51. The van der Waals surface area contributed by atoms with E-state index < -0.39 is 5.91 Å². The number of rotatable bonds is 6. The van der Waals surface area contributed by atoms with Gasteiger partial charge in [-0.05, 0) is 60.2 Å². The molecule has 7 heteroatoms. The van der Waals surface area contributed by atoms with Crippen molar-refractivity contribution in [2.75, 3.05) is 18.1 Å². The average molecular weight is 444 g/mol. The second-order valence-electron chi connectivity index (χ2n) is 7.02. The Morgan fingerprint density at radius 3 is 2.10 bits per heavy atom. The predicted molar refractivity (Wildman–Crippen MR) is 122 cm³/mol. The Morgan fingerprint density at radius 2 is 1.60 bits per heavy atom. The van der Waals surface area contributed by atoms with Gasteiger partial charge in [0, 0.05) is 12.2 Å². The number of hydrogen-bond acceptors (Lipinski definition) is 4. The first-order chi connectivity index (χ1) is 14.4. The SMILES string of the molecule is CCc1ccc(-c2c(C)cc(N(CCO)C(=O)c3c(Cl)ncnc3Cl)cc2C)cc1. The number of carbonyl (C=O) groups is 1. The molecule has 3 aromatic rings. The highest BCUT2D eigenvalue weighted by molar-refractivity contribution is 6.39. The van der Waals surface area contributed by atoms with E-state index in [1.807, 2.05) is 26.0 Å². The third-order valence-corrected chi connectivity index (χ3v) is 5.59. The Kier molecular flexibility index (Phi) is 7.08. The molecule has 30 heavy (non-hydrogen) atoms. The molecule has 0 unspecified atom stereocenters. The van der Waals surface area contributed by atoms with Gasteiger partial charge in [0.1, 0.15) is 22.2 Å². The van der Waals surface area contributed by atoms with Crippen LogP contribution in [-0.2, 0) is 6.42 Å². The Hall–Kier alpha value is -2.47. The fourth-order valence-corrected chi connectivity index (χ4v) is 4.04. The lowest BCUT2D eigenvalue weighted by molar-refractivity contribution is 0.0980. The van der Waals surface area contributed by atoms with Gasteiger partial charge in [0.05, 0.1) is 6.61 Å². The highest BCUT2D eigenvalue weighted by Gasteiger charge is 2.25. The van der Waals surface area contributed by atoms with Gasteiger partial charge in [-0.2, -0.15) is 0 Å². The van der Waals surface area contributed by atoms with E-state index in [0.29, 0.717) is 5.69 Å². The molecule has 156 valence electrons. The molecule has 1 aromatic heterocycles. The van der Waals surface area contributed by atoms with Crippen LogP contribution >= 0.6 is 23.2 Å². The van der Waals surface area contributed by atoms with Crippen LogP contribution in [0.25, 0.3) is 11.1 Å². The van der Waals surface area contributed by atoms with Gasteiger partial charge < -0.3 is 10.0 Å². The summed E-state index contributed by atoms with van der Waals surface area (Å²) in [6.45, 7) is 6.01. The number of aliphatic hydroxyl groups is 1. The molecule has 1 heterocycles. The lowest BCUT2D eigenvalue weighted by Gasteiger charge is -2.24. The summed E-state index contributed by atoms with van der Waals surface area (Å²) in [5.41, 5.74) is 6.23. The van der Waals surface area contributed by atoms with Gasteiger partial charge in [-0.15, -0.1) is 0 Å². The maximum Gasteiger partial charge on any atom is 0.264 e. The number of amides is 1. The molecule has 0 saturated heterocycles. The van der Waals surface area contributed by atoms with Crippen molar-refractivity contribution < 1.29 is 9.90 Å². The Balaban J connectivity index is 2.04. The molecule has 0 fully saturated rings. The number of hydrogen-bond donors (Lipinski definition) is 1. The fraction of sp³-hybridized carbons (Fsp3) is 0.261. The first kappa shape index (κ1) is 22.2. The van der Waals surface area contributed by atoms with Gasteiger partial charge in [-0.3, -0.25) is 4.79 Å². The number of nitrogens with zero attached hydrogens (tertiary/aromatic N) is 3. The normalized spacial score (nSPS) is 10.9. The maximum atomic E-state index is 13.2. The molecule has 1 amide bonds. The van der Waals surface area contributed by atoms with Crippen LogP contribution in [0.15, 0.2) is 42.7 Å². The first-order valence-corrected chi connectivity index (χ1v) is 10.4. The third-order valence-electron chi connectivity index (χ3n) is 5.02. The van der Waals surface area contributed by atoms with E-state index in [4.69, 9.17) is 23.2 Å². The molecule has 0 spiro atoms. The lowest BCUT2D eigenvalue weighted by atomic mass is 9.94. The molecular weight excluding hydrogens is 421 g/mol. The average Bonchev–Trinajstić information content (AvgIpc) is 2.71. The van der Waals surface area contributed by atoms with Crippen LogP contribution in [0.4, 0.5) is 5.69 Å². The van der Waals surface area contributed by atoms with E-state index in [2.05, 4.69) is 41.2 Å². The van der Waals surface area contributed by atoms with Crippen molar-refractivity contribution in [3.05, 3.63) is 75.3 Å². The summed E-state index contributed by atoms with van der Waals surface area (Å²) in [4.78, 5) is 22.4. The molecule has 1 N–H and O–H groups in total. The zero-order valence-electron chi connectivity index (χ0n) is 17.1. The van der Waals surface area contributed by atoms with Gasteiger partial charge in [0.2, 0.25) is 0 Å². The lowest BCUT2D eigenvalue weighted by Crippen LogP contribution is -2.34. The van der Waals surface area contributed by atoms with Gasteiger partial charge in [0.25, 0.3) is 5.91 Å². The minimum absolute atomic E-state index is 0.0174. The molecule has 0 bridgehead atoms. The standard InChI is InChI=1S/C23H23Cl2N3O2/c1-4-16-5-7-17(8-6-16)19-14(2)11-18(12-15(19)3)28(9-10-29)23(30)20-21(24)26-13-27-22(20)25/h5-8,11-13,29H,4,9-10H2,1-3H3. The molecule has 2 aromatic carbocycles. The summed E-state index contributed by atoms with van der Waals surface area (Å²) < 4.78 is 0. The van der Waals surface area contributed by atoms with Gasteiger partial charge >= 0.3 is 0 Å². The summed E-state index contributed by atoms with van der Waals surface area (Å²) in [5.74, 6) is -0.460. The largest absolute Gasteiger partial charge is 0.395 e. The van der Waals surface area contributed by atoms with E-state index in [1.165, 1.54) is 16.8 Å². The highest BCUT2D eigenvalue weighted by atomic mass is 35.5. The molecule has 0 aliphatic carbocycles. The molecule has 0 aliphatic heterocycles. The van der Waals surface area contributed by atoms with E-state index >= 15 is 0 Å². The van der Waals surface area contributed by atoms with Crippen LogP contribution in [0.1, 0.15) is 34.0 Å². The topological polar surface area (TPSA) is 66.3 Å². The van der Waals surface area contributed by atoms with Crippen LogP contribution in [0.5, 0.6) is 0 Å². The molecule has 0 radical (unpaired) electrons. The number of aromatic nitrogens is 2. The van der Waals surface area contributed by atoms with E-state index in [0.717, 1.165) is 28.7 Å². The van der Waals surface area contributed by atoms with Crippen molar-refractivity contribution in [1.29, 1.82) is 0 Å². The molecule has 5 nitrogen and oxygen atoms in total. The summed E-state index contributed by atoms with van der Waals surface area (Å²) in [6, 6.07) is 12.3. The monoisotopic (exact) mass is 443 g/mol. The number of aliphatic hydroxyl groups excluding tert-OH is 1. The van der Waals surface area contributed by atoms with Crippen LogP contribution < -0.4 is 4.90 Å². The van der Waals surface area contributed by atoms with Crippen LogP contribution in [0, 0.1) is 13.8 Å². The van der Waals surface area contributed by atoms with Crippen molar-refractivity contribution in [1.82, 2.24) is 9.97 Å². The van der Waals surface area contributed by atoms with E-state index in [1.54, 1.807) is 0 Å². The smallest absolute Gasteiger partial charge is 0.264 e. The van der Waals surface area contributed by atoms with Crippen LogP contribution in [0.2, 0.25) is 10.3 Å². The zero-order valence-corrected chi connectivity index (χ0v) is 18.6. The summed E-state index contributed by atoms with van der Waals surface area (Å²) >= 11 is 12.2. The van der Waals surface area contributed by atoms with Crippen molar-refractivity contribution in [2.24, 2.45) is 0 Å². The van der Waals surface area contributed by atoms with Gasteiger partial charge in [0.15, 0.2) is 0 Å². The molecule has 3 rings (SSSR count). The van der Waals surface area contributed by atoms with Crippen LogP contribution in [0.3, 0.4) is 0 Å². The first-order valence-electron chi connectivity index (χ1n) is 9.66. The van der Waals surface area contributed by atoms with E-state index in [-0.39, 0.29) is 29.0 Å². The number of halogens is 2.